The van der Waals surface area contributed by atoms with E-state index in [-0.39, 0.29) is 11.9 Å². The van der Waals surface area contributed by atoms with Gasteiger partial charge < -0.3 is 15.2 Å². The van der Waals surface area contributed by atoms with E-state index in [4.69, 9.17) is 15.2 Å². The van der Waals surface area contributed by atoms with Crippen LogP contribution in [0, 0.1) is 5.82 Å². The Morgan fingerprint density at radius 2 is 1.73 bits per heavy atom. The average Bonchev–Trinajstić information content (AvgIpc) is 3.06. The minimum absolute atomic E-state index is 0.0686. The molecular formula is C25H25FN4O3. The average molecular weight is 448 g/mol. The molecule has 2 heterocycles. The second-order valence-electron chi connectivity index (χ2n) is 7.51. The van der Waals surface area contributed by atoms with Gasteiger partial charge in [0.05, 0.1) is 13.2 Å². The monoisotopic (exact) mass is 448 g/mol. The number of guanidine groups is 1. The molecule has 1 unspecified atom stereocenters. The van der Waals surface area contributed by atoms with Gasteiger partial charge in [0, 0.05) is 30.6 Å². The van der Waals surface area contributed by atoms with Crippen molar-refractivity contribution in [1.29, 1.82) is 0 Å². The quantitative estimate of drug-likeness (QED) is 0.595. The third-order valence-electron chi connectivity index (χ3n) is 5.56. The van der Waals surface area contributed by atoms with Gasteiger partial charge in [0.25, 0.3) is 5.91 Å². The van der Waals surface area contributed by atoms with Gasteiger partial charge in [-0.05, 0) is 55.3 Å². The van der Waals surface area contributed by atoms with Gasteiger partial charge in [-0.1, -0.05) is 18.2 Å². The molecule has 1 aliphatic heterocycles. The van der Waals surface area contributed by atoms with Crippen LogP contribution in [0.15, 0.2) is 65.9 Å². The third-order valence-corrected chi connectivity index (χ3v) is 5.56. The first-order valence-corrected chi connectivity index (χ1v) is 10.7. The topological polar surface area (TPSA) is 90.0 Å². The van der Waals surface area contributed by atoms with Crippen LogP contribution in [0.4, 0.5) is 4.39 Å². The Hall–Kier alpha value is -3.94. The molecule has 3 aromatic rings. The van der Waals surface area contributed by atoms with E-state index in [9.17, 15) is 9.18 Å². The lowest BCUT2D eigenvalue weighted by atomic mass is 9.81. The molecule has 2 aromatic carbocycles. The highest BCUT2D eigenvalue weighted by atomic mass is 19.1. The van der Waals surface area contributed by atoms with Crippen molar-refractivity contribution in [3.63, 3.8) is 0 Å². The number of ether oxygens (including phenoxy) is 2. The molecule has 1 amide bonds. The number of carbonyl (C=O) groups is 1. The van der Waals surface area contributed by atoms with Crippen LogP contribution in [0.3, 0.4) is 0 Å². The van der Waals surface area contributed by atoms with Crippen LogP contribution in [0.2, 0.25) is 0 Å². The fourth-order valence-corrected chi connectivity index (χ4v) is 3.95. The molecule has 0 saturated heterocycles. The van der Waals surface area contributed by atoms with E-state index in [1.807, 2.05) is 13.8 Å². The first kappa shape index (κ1) is 22.3. The number of rotatable bonds is 7. The molecule has 0 fully saturated rings. The lowest BCUT2D eigenvalue weighted by Gasteiger charge is -2.27. The fraction of sp³-hybridized carbons (Fsp3) is 0.240. The number of pyridine rings is 1. The lowest BCUT2D eigenvalue weighted by Crippen LogP contribution is -2.41. The minimum Gasteiger partial charge on any atom is -0.490 e. The number of hydrogen-bond donors (Lipinski definition) is 1. The van der Waals surface area contributed by atoms with Gasteiger partial charge in [0.15, 0.2) is 23.0 Å². The number of hydrogen-bond acceptors (Lipinski definition) is 6. The maximum atomic E-state index is 14.8. The van der Waals surface area contributed by atoms with Crippen LogP contribution in [0.1, 0.15) is 25.0 Å². The number of carbonyl (C=O) groups excluding carboxylic acids is 1. The van der Waals surface area contributed by atoms with Crippen molar-refractivity contribution < 1.29 is 18.7 Å². The van der Waals surface area contributed by atoms with Gasteiger partial charge in [-0.2, -0.15) is 0 Å². The highest BCUT2D eigenvalue weighted by Gasteiger charge is 2.50. The first-order valence-electron chi connectivity index (χ1n) is 10.7. The Kier molecular flexibility index (Phi) is 6.00. The molecule has 170 valence electrons. The van der Waals surface area contributed by atoms with Crippen molar-refractivity contribution in [2.24, 2.45) is 10.7 Å². The van der Waals surface area contributed by atoms with E-state index in [0.29, 0.717) is 47.0 Å². The summed E-state index contributed by atoms with van der Waals surface area (Å²) in [6.45, 7) is 4.62. The van der Waals surface area contributed by atoms with Crippen molar-refractivity contribution in [3.8, 4) is 22.6 Å². The van der Waals surface area contributed by atoms with Crippen molar-refractivity contribution in [1.82, 2.24) is 9.88 Å². The summed E-state index contributed by atoms with van der Waals surface area (Å²) in [6, 6.07) is 13.2. The number of amides is 1. The van der Waals surface area contributed by atoms with Crippen LogP contribution in [0.5, 0.6) is 11.5 Å². The van der Waals surface area contributed by atoms with Gasteiger partial charge in [-0.25, -0.2) is 9.38 Å². The zero-order chi connectivity index (χ0) is 23.6. The molecule has 0 radical (unpaired) electrons. The molecule has 0 aliphatic carbocycles. The summed E-state index contributed by atoms with van der Waals surface area (Å²) in [5, 5.41) is 0. The molecule has 7 nitrogen and oxygen atoms in total. The lowest BCUT2D eigenvalue weighted by molar-refractivity contribution is -0.129. The normalized spacial score (nSPS) is 17.8. The molecule has 2 N–H and O–H groups in total. The first-order chi connectivity index (χ1) is 15.9. The van der Waals surface area contributed by atoms with Crippen molar-refractivity contribution in [2.75, 3.05) is 20.3 Å². The summed E-state index contributed by atoms with van der Waals surface area (Å²) >= 11 is 0. The zero-order valence-electron chi connectivity index (χ0n) is 18.7. The number of likely N-dealkylation sites (N-methyl/N-ethyl adjacent to an activating group) is 1. The van der Waals surface area contributed by atoms with Gasteiger partial charge in [0.1, 0.15) is 5.82 Å². The van der Waals surface area contributed by atoms with E-state index >= 15 is 0 Å². The molecular weight excluding hydrogens is 423 g/mol. The Morgan fingerprint density at radius 1 is 1.03 bits per heavy atom. The summed E-state index contributed by atoms with van der Waals surface area (Å²) in [5.74, 6) is 0.333. The van der Waals surface area contributed by atoms with Crippen LogP contribution >= 0.6 is 0 Å². The molecule has 0 bridgehead atoms. The largest absolute Gasteiger partial charge is 0.490 e. The predicted octanol–water partition coefficient (Wildman–Crippen LogP) is 3.72. The Morgan fingerprint density at radius 3 is 2.36 bits per heavy atom. The van der Waals surface area contributed by atoms with Crippen LogP contribution in [-0.2, 0) is 10.3 Å². The number of aliphatic imine (C=N–C) groups is 1. The highest BCUT2D eigenvalue weighted by molar-refractivity contribution is 6.09. The Balaban J connectivity index is 1.95. The predicted molar refractivity (Wildman–Crippen MR) is 124 cm³/mol. The van der Waals surface area contributed by atoms with Crippen molar-refractivity contribution >= 4 is 11.9 Å². The number of halogens is 1. The number of benzene rings is 2. The maximum absolute atomic E-state index is 14.8. The zero-order valence-corrected chi connectivity index (χ0v) is 18.7. The van der Waals surface area contributed by atoms with E-state index in [1.165, 1.54) is 11.0 Å². The second-order valence-corrected chi connectivity index (χ2v) is 7.51. The van der Waals surface area contributed by atoms with Crippen LogP contribution < -0.4 is 15.2 Å². The van der Waals surface area contributed by atoms with E-state index in [2.05, 4.69) is 9.98 Å². The molecule has 0 saturated carbocycles. The maximum Gasteiger partial charge on any atom is 0.266 e. The summed E-state index contributed by atoms with van der Waals surface area (Å²) in [7, 11) is 1.56. The Labute approximate surface area is 191 Å². The van der Waals surface area contributed by atoms with E-state index in [0.717, 1.165) is 0 Å². The minimum atomic E-state index is -1.50. The summed E-state index contributed by atoms with van der Waals surface area (Å²) in [5.41, 5.74) is 6.50. The van der Waals surface area contributed by atoms with Crippen molar-refractivity contribution in [3.05, 3.63) is 77.9 Å². The van der Waals surface area contributed by atoms with E-state index in [1.54, 1.807) is 61.9 Å². The smallest absolute Gasteiger partial charge is 0.266 e. The fourth-order valence-electron chi connectivity index (χ4n) is 3.95. The van der Waals surface area contributed by atoms with Gasteiger partial charge in [-0.3, -0.25) is 14.7 Å². The van der Waals surface area contributed by atoms with Gasteiger partial charge >= 0.3 is 0 Å². The molecule has 8 heteroatoms. The number of aromatic nitrogens is 1. The Bertz CT molecular complexity index is 1220. The van der Waals surface area contributed by atoms with Gasteiger partial charge in [0.2, 0.25) is 0 Å². The third kappa shape index (κ3) is 3.77. The van der Waals surface area contributed by atoms with Crippen molar-refractivity contribution in [2.45, 2.75) is 19.4 Å². The summed E-state index contributed by atoms with van der Waals surface area (Å²) in [4.78, 5) is 23.6. The molecule has 4 rings (SSSR count). The number of nitrogens with two attached hydrogens (primary N) is 1. The van der Waals surface area contributed by atoms with Crippen LogP contribution in [-0.4, -0.2) is 42.0 Å². The molecule has 1 atom stereocenters. The SMILES string of the molecule is CCOc1ccc(C2(c3ccc(F)c(-c4cccnc4)c3)N=C(N)N(C)C2=O)cc1OCC. The highest BCUT2D eigenvalue weighted by Crippen LogP contribution is 2.43. The molecule has 33 heavy (non-hydrogen) atoms. The van der Waals surface area contributed by atoms with Crippen LogP contribution in [0.25, 0.3) is 11.1 Å². The van der Waals surface area contributed by atoms with Gasteiger partial charge in [-0.15, -0.1) is 0 Å². The summed E-state index contributed by atoms with van der Waals surface area (Å²) < 4.78 is 26.2. The molecule has 1 aliphatic rings. The van der Waals surface area contributed by atoms with E-state index < -0.39 is 11.4 Å². The molecule has 0 spiro atoms. The number of nitrogens with zero attached hydrogens (tertiary/aromatic N) is 3. The standard InChI is InChI=1S/C25H25FN4O3/c1-4-32-21-11-9-18(14-22(21)33-5-2)25(23(31)30(3)24(27)29-25)17-8-10-20(26)19(13-17)16-7-6-12-28-15-16/h6-15H,4-5H2,1-3H3,(H2,27,29). The second kappa shape index (κ2) is 8.90. The molecule has 1 aromatic heterocycles. The summed E-state index contributed by atoms with van der Waals surface area (Å²) in [6.07, 6.45) is 3.18.